The van der Waals surface area contributed by atoms with Crippen LogP contribution < -0.4 is 5.73 Å². The SMILES string of the molecule is CC(C)(C)OC(=O)N1CC2(COC[C@@H]2N)C1. The van der Waals surface area contributed by atoms with Gasteiger partial charge >= 0.3 is 6.09 Å². The molecule has 16 heavy (non-hydrogen) atoms. The highest BCUT2D eigenvalue weighted by molar-refractivity contribution is 5.69. The quantitative estimate of drug-likeness (QED) is 0.658. The smallest absolute Gasteiger partial charge is 0.410 e. The van der Waals surface area contributed by atoms with Crippen LogP contribution in [0.2, 0.25) is 0 Å². The molecule has 0 radical (unpaired) electrons. The minimum absolute atomic E-state index is 0.0170. The van der Waals surface area contributed by atoms with E-state index in [2.05, 4.69) is 0 Å². The lowest BCUT2D eigenvalue weighted by molar-refractivity contribution is -0.0403. The first-order chi connectivity index (χ1) is 7.32. The molecule has 2 rings (SSSR count). The molecule has 0 aromatic carbocycles. The van der Waals surface area contributed by atoms with E-state index in [4.69, 9.17) is 15.2 Å². The standard InChI is InChI=1S/C11H20N2O3/c1-10(2,3)16-9(14)13-5-11(6-13)7-15-4-8(11)12/h8H,4-7,12H2,1-3H3/t8-/m0/s1. The van der Waals surface area contributed by atoms with Crippen molar-refractivity contribution >= 4 is 6.09 Å². The molecule has 5 heteroatoms. The van der Waals surface area contributed by atoms with Crippen LogP contribution in [-0.4, -0.2) is 48.9 Å². The van der Waals surface area contributed by atoms with Gasteiger partial charge in [-0.15, -0.1) is 0 Å². The Kier molecular flexibility index (Phi) is 2.62. The van der Waals surface area contributed by atoms with E-state index >= 15 is 0 Å². The molecular weight excluding hydrogens is 208 g/mol. The second-order valence-electron chi connectivity index (χ2n) is 5.82. The monoisotopic (exact) mass is 228 g/mol. The molecule has 0 unspecified atom stereocenters. The Labute approximate surface area is 95.9 Å². The fourth-order valence-electron chi connectivity index (χ4n) is 2.17. The van der Waals surface area contributed by atoms with Crippen LogP contribution in [-0.2, 0) is 9.47 Å². The van der Waals surface area contributed by atoms with Crippen LogP contribution in [0.25, 0.3) is 0 Å². The molecule has 5 nitrogen and oxygen atoms in total. The molecule has 2 saturated heterocycles. The van der Waals surface area contributed by atoms with Crippen molar-refractivity contribution in [3.8, 4) is 0 Å². The van der Waals surface area contributed by atoms with E-state index in [0.717, 1.165) is 0 Å². The van der Waals surface area contributed by atoms with E-state index in [9.17, 15) is 4.79 Å². The van der Waals surface area contributed by atoms with Gasteiger partial charge in [-0.3, -0.25) is 0 Å². The number of rotatable bonds is 0. The van der Waals surface area contributed by atoms with Gasteiger partial charge in [0.15, 0.2) is 0 Å². The van der Waals surface area contributed by atoms with Gasteiger partial charge in [-0.2, -0.15) is 0 Å². The Balaban J connectivity index is 1.86. The van der Waals surface area contributed by atoms with Crippen molar-refractivity contribution in [2.45, 2.75) is 32.4 Å². The van der Waals surface area contributed by atoms with Gasteiger partial charge in [0.2, 0.25) is 0 Å². The molecule has 1 atom stereocenters. The summed E-state index contributed by atoms with van der Waals surface area (Å²) >= 11 is 0. The summed E-state index contributed by atoms with van der Waals surface area (Å²) in [5, 5.41) is 0. The number of nitrogens with two attached hydrogens (primary N) is 1. The largest absolute Gasteiger partial charge is 0.444 e. The topological polar surface area (TPSA) is 64.8 Å². The third kappa shape index (κ3) is 2.01. The summed E-state index contributed by atoms with van der Waals surface area (Å²) in [6.07, 6.45) is -0.253. The van der Waals surface area contributed by atoms with Gasteiger partial charge in [0.1, 0.15) is 5.60 Å². The third-order valence-corrected chi connectivity index (χ3v) is 3.14. The molecule has 2 N–H and O–H groups in total. The Hall–Kier alpha value is -0.810. The third-order valence-electron chi connectivity index (χ3n) is 3.14. The zero-order valence-corrected chi connectivity index (χ0v) is 10.2. The van der Waals surface area contributed by atoms with Crippen molar-refractivity contribution in [1.82, 2.24) is 4.90 Å². The van der Waals surface area contributed by atoms with Crippen molar-refractivity contribution in [1.29, 1.82) is 0 Å². The van der Waals surface area contributed by atoms with Gasteiger partial charge in [-0.05, 0) is 20.8 Å². The lowest BCUT2D eigenvalue weighted by Crippen LogP contribution is -2.65. The second kappa shape index (κ2) is 3.60. The first kappa shape index (κ1) is 11.7. The Morgan fingerprint density at radius 3 is 2.56 bits per heavy atom. The number of carbonyl (C=O) groups excluding carboxylic acids is 1. The van der Waals surface area contributed by atoms with E-state index in [1.54, 1.807) is 4.90 Å². The van der Waals surface area contributed by atoms with Crippen LogP contribution in [0.3, 0.4) is 0 Å². The molecular formula is C11H20N2O3. The van der Waals surface area contributed by atoms with Crippen molar-refractivity contribution in [3.63, 3.8) is 0 Å². The normalized spacial score (nSPS) is 28.0. The molecule has 1 spiro atoms. The summed E-state index contributed by atoms with van der Waals surface area (Å²) in [5.41, 5.74) is 5.51. The van der Waals surface area contributed by atoms with Crippen molar-refractivity contribution in [2.24, 2.45) is 11.1 Å². The summed E-state index contributed by atoms with van der Waals surface area (Å²) in [7, 11) is 0. The van der Waals surface area contributed by atoms with E-state index in [-0.39, 0.29) is 17.6 Å². The fraction of sp³-hybridized carbons (Fsp3) is 0.909. The molecule has 0 aromatic rings. The second-order valence-corrected chi connectivity index (χ2v) is 5.82. The van der Waals surface area contributed by atoms with Crippen molar-refractivity contribution < 1.29 is 14.3 Å². The lowest BCUT2D eigenvalue weighted by atomic mass is 9.76. The number of ether oxygens (including phenoxy) is 2. The first-order valence-corrected chi connectivity index (χ1v) is 5.64. The molecule has 92 valence electrons. The molecule has 1 amide bonds. The maximum Gasteiger partial charge on any atom is 0.410 e. The summed E-state index contributed by atoms with van der Waals surface area (Å²) in [4.78, 5) is 13.4. The van der Waals surface area contributed by atoms with E-state index in [1.165, 1.54) is 0 Å². The van der Waals surface area contributed by atoms with Gasteiger partial charge in [0.25, 0.3) is 0 Å². The number of hydrogen-bond acceptors (Lipinski definition) is 4. The predicted octanol–water partition coefficient (Wildman–Crippen LogP) is 0.581. The van der Waals surface area contributed by atoms with Crippen molar-refractivity contribution in [2.75, 3.05) is 26.3 Å². The molecule has 2 aliphatic heterocycles. The Morgan fingerprint density at radius 2 is 2.12 bits per heavy atom. The first-order valence-electron chi connectivity index (χ1n) is 5.64. The molecule has 2 fully saturated rings. The van der Waals surface area contributed by atoms with Crippen LogP contribution in [0.1, 0.15) is 20.8 Å². The Morgan fingerprint density at radius 1 is 1.50 bits per heavy atom. The van der Waals surface area contributed by atoms with Gasteiger partial charge in [-0.1, -0.05) is 0 Å². The van der Waals surface area contributed by atoms with Gasteiger partial charge in [0.05, 0.1) is 13.2 Å². The summed E-state index contributed by atoms with van der Waals surface area (Å²) < 4.78 is 10.6. The number of hydrogen-bond donors (Lipinski definition) is 1. The maximum absolute atomic E-state index is 11.7. The fourth-order valence-corrected chi connectivity index (χ4v) is 2.17. The van der Waals surface area contributed by atoms with E-state index in [0.29, 0.717) is 26.3 Å². The Bertz CT molecular complexity index is 292. The van der Waals surface area contributed by atoms with E-state index < -0.39 is 5.60 Å². The molecule has 2 heterocycles. The van der Waals surface area contributed by atoms with Crippen LogP contribution in [0, 0.1) is 5.41 Å². The zero-order chi connectivity index (χ0) is 12.0. The van der Waals surface area contributed by atoms with Crippen LogP contribution >= 0.6 is 0 Å². The predicted molar refractivity (Wildman–Crippen MR) is 59.0 cm³/mol. The van der Waals surface area contributed by atoms with Crippen molar-refractivity contribution in [3.05, 3.63) is 0 Å². The summed E-state index contributed by atoms with van der Waals surface area (Å²) in [6.45, 7) is 8.17. The lowest BCUT2D eigenvalue weighted by Gasteiger charge is -2.49. The minimum atomic E-state index is -0.436. The highest BCUT2D eigenvalue weighted by Gasteiger charge is 2.53. The molecule has 0 aromatic heterocycles. The number of nitrogens with zero attached hydrogens (tertiary/aromatic N) is 1. The van der Waals surface area contributed by atoms with Gasteiger partial charge in [0, 0.05) is 24.5 Å². The highest BCUT2D eigenvalue weighted by Crippen LogP contribution is 2.38. The van der Waals surface area contributed by atoms with Crippen LogP contribution in [0.4, 0.5) is 4.79 Å². The number of likely N-dealkylation sites (tertiary alicyclic amines) is 1. The average molecular weight is 228 g/mol. The minimum Gasteiger partial charge on any atom is -0.444 e. The molecule has 2 aliphatic rings. The van der Waals surface area contributed by atoms with E-state index in [1.807, 2.05) is 20.8 Å². The molecule has 0 saturated carbocycles. The average Bonchev–Trinajstić information content (AvgIpc) is 2.40. The maximum atomic E-state index is 11.7. The molecule has 0 bridgehead atoms. The van der Waals surface area contributed by atoms with Crippen LogP contribution in [0.5, 0.6) is 0 Å². The number of amides is 1. The zero-order valence-electron chi connectivity index (χ0n) is 10.2. The van der Waals surface area contributed by atoms with Crippen LogP contribution in [0.15, 0.2) is 0 Å². The number of carbonyl (C=O) groups is 1. The molecule has 0 aliphatic carbocycles. The highest BCUT2D eigenvalue weighted by atomic mass is 16.6. The summed E-state index contributed by atoms with van der Waals surface area (Å²) in [5.74, 6) is 0. The van der Waals surface area contributed by atoms with Gasteiger partial charge < -0.3 is 20.1 Å². The summed E-state index contributed by atoms with van der Waals surface area (Å²) in [6, 6.07) is 0.0474. The van der Waals surface area contributed by atoms with Gasteiger partial charge in [-0.25, -0.2) is 4.79 Å².